The van der Waals surface area contributed by atoms with Crippen molar-refractivity contribution in [1.29, 1.82) is 0 Å². The molecule has 0 aromatic rings. The summed E-state index contributed by atoms with van der Waals surface area (Å²) in [5.74, 6) is 0.394. The van der Waals surface area contributed by atoms with Gasteiger partial charge in [0.1, 0.15) is 12.1 Å². The average Bonchev–Trinajstić information content (AvgIpc) is 3.25. The molecule has 5 heteroatoms. The van der Waals surface area contributed by atoms with E-state index >= 15 is 0 Å². The van der Waals surface area contributed by atoms with Gasteiger partial charge >= 0.3 is 0 Å². The molecule has 3 rings (SSSR count). The molecule has 0 aromatic heterocycles. The molecule has 2 atom stereocenters. The first kappa shape index (κ1) is 14.2. The summed E-state index contributed by atoms with van der Waals surface area (Å²) in [6.07, 6.45) is 8.17. The summed E-state index contributed by atoms with van der Waals surface area (Å²) in [5.41, 5.74) is 0. The quantitative estimate of drug-likeness (QED) is 0.795. The van der Waals surface area contributed by atoms with Crippen LogP contribution in [-0.2, 0) is 9.59 Å². The molecule has 0 aromatic carbocycles. The minimum absolute atomic E-state index is 0.170. The van der Waals surface area contributed by atoms with Crippen molar-refractivity contribution < 1.29 is 9.59 Å². The Hall–Kier alpha value is -0.710. The van der Waals surface area contributed by atoms with Crippen molar-refractivity contribution in [3.63, 3.8) is 0 Å². The lowest BCUT2D eigenvalue weighted by atomic mass is 9.94. The van der Waals surface area contributed by atoms with Crippen LogP contribution in [0.4, 0.5) is 0 Å². The standard InChI is InChI=1S/C15H24N2O2S/c1-3-11-13(18)16-9-5-4-6-12(16)14(19)17(11)10-15(20-2)7-8-15/h11-12H,3-10H2,1-2H3. The van der Waals surface area contributed by atoms with Crippen molar-refractivity contribution in [2.45, 2.75) is 62.3 Å². The van der Waals surface area contributed by atoms with Crippen molar-refractivity contribution in [2.75, 3.05) is 19.3 Å². The number of amides is 2. The normalized spacial score (nSPS) is 32.3. The van der Waals surface area contributed by atoms with Crippen molar-refractivity contribution in [1.82, 2.24) is 9.80 Å². The minimum Gasteiger partial charge on any atom is -0.329 e. The molecule has 2 aliphatic heterocycles. The second-order valence-corrected chi connectivity index (χ2v) is 7.59. The van der Waals surface area contributed by atoms with Crippen LogP contribution < -0.4 is 0 Å². The van der Waals surface area contributed by atoms with Crippen LogP contribution in [0.1, 0.15) is 45.4 Å². The van der Waals surface area contributed by atoms with E-state index in [1.165, 1.54) is 12.8 Å². The van der Waals surface area contributed by atoms with E-state index in [1.54, 1.807) is 0 Å². The fourth-order valence-electron chi connectivity index (χ4n) is 3.58. The highest BCUT2D eigenvalue weighted by Crippen LogP contribution is 2.48. The van der Waals surface area contributed by atoms with Crippen LogP contribution in [0.2, 0.25) is 0 Å². The highest BCUT2D eigenvalue weighted by molar-refractivity contribution is 8.00. The number of rotatable bonds is 4. The summed E-state index contributed by atoms with van der Waals surface area (Å²) in [4.78, 5) is 29.3. The molecule has 3 aliphatic rings. The van der Waals surface area contributed by atoms with Crippen molar-refractivity contribution >= 4 is 23.6 Å². The summed E-state index contributed by atoms with van der Waals surface area (Å²) >= 11 is 1.86. The van der Waals surface area contributed by atoms with Crippen molar-refractivity contribution in [2.24, 2.45) is 0 Å². The maximum Gasteiger partial charge on any atom is 0.246 e. The van der Waals surface area contributed by atoms with Gasteiger partial charge in [-0.1, -0.05) is 6.92 Å². The number of hydrogen-bond donors (Lipinski definition) is 0. The SMILES string of the molecule is CCC1C(=O)N2CCCCC2C(=O)N1CC1(SC)CC1. The molecule has 112 valence electrons. The molecule has 0 spiro atoms. The van der Waals surface area contributed by atoms with Gasteiger partial charge in [-0.05, 0) is 44.8 Å². The topological polar surface area (TPSA) is 40.6 Å². The zero-order valence-electron chi connectivity index (χ0n) is 12.4. The van der Waals surface area contributed by atoms with Crippen LogP contribution in [0, 0.1) is 0 Å². The predicted molar refractivity (Wildman–Crippen MR) is 80.6 cm³/mol. The molecular formula is C15H24N2O2S. The number of thioether (sulfide) groups is 1. The molecule has 2 heterocycles. The van der Waals surface area contributed by atoms with Crippen molar-refractivity contribution in [3.8, 4) is 0 Å². The lowest BCUT2D eigenvalue weighted by molar-refractivity contribution is -0.164. The Balaban J connectivity index is 1.83. The minimum atomic E-state index is -0.221. The van der Waals surface area contributed by atoms with Crippen LogP contribution in [0.15, 0.2) is 0 Å². The first-order valence-electron chi connectivity index (χ1n) is 7.78. The van der Waals surface area contributed by atoms with Gasteiger partial charge in [-0.15, -0.1) is 0 Å². The third-order valence-electron chi connectivity index (χ3n) is 5.10. The fraction of sp³-hybridized carbons (Fsp3) is 0.867. The fourth-order valence-corrected chi connectivity index (χ4v) is 4.36. The van der Waals surface area contributed by atoms with E-state index in [-0.39, 0.29) is 28.6 Å². The zero-order chi connectivity index (χ0) is 14.3. The molecule has 3 fully saturated rings. The van der Waals surface area contributed by atoms with Gasteiger partial charge in [0.05, 0.1) is 0 Å². The Morgan fingerprint density at radius 3 is 2.60 bits per heavy atom. The lowest BCUT2D eigenvalue weighted by Gasteiger charge is -2.47. The lowest BCUT2D eigenvalue weighted by Crippen LogP contribution is -2.66. The van der Waals surface area contributed by atoms with E-state index < -0.39 is 0 Å². The Bertz CT molecular complexity index is 422. The Kier molecular flexibility index (Phi) is 3.73. The molecule has 4 nitrogen and oxygen atoms in total. The Labute approximate surface area is 125 Å². The van der Waals surface area contributed by atoms with Gasteiger partial charge in [0, 0.05) is 17.8 Å². The molecule has 0 N–H and O–H groups in total. The highest BCUT2D eigenvalue weighted by atomic mass is 32.2. The van der Waals surface area contributed by atoms with Gasteiger partial charge in [0.15, 0.2) is 0 Å². The van der Waals surface area contributed by atoms with E-state index in [9.17, 15) is 9.59 Å². The molecule has 0 radical (unpaired) electrons. The van der Waals surface area contributed by atoms with E-state index in [0.29, 0.717) is 0 Å². The van der Waals surface area contributed by atoms with E-state index in [2.05, 4.69) is 6.26 Å². The van der Waals surface area contributed by atoms with Gasteiger partial charge < -0.3 is 9.80 Å². The summed E-state index contributed by atoms with van der Waals surface area (Å²) in [6.45, 7) is 3.56. The van der Waals surface area contributed by atoms with Crippen molar-refractivity contribution in [3.05, 3.63) is 0 Å². The Morgan fingerprint density at radius 2 is 2.00 bits per heavy atom. The Morgan fingerprint density at radius 1 is 1.25 bits per heavy atom. The molecule has 2 saturated heterocycles. The number of piperidine rings is 1. The molecule has 20 heavy (non-hydrogen) atoms. The number of piperazine rings is 1. The number of fused-ring (bicyclic) bond motifs is 1. The van der Waals surface area contributed by atoms with Gasteiger partial charge in [-0.2, -0.15) is 11.8 Å². The molecule has 2 amide bonds. The maximum atomic E-state index is 12.8. The third-order valence-corrected chi connectivity index (χ3v) is 6.50. The van der Waals surface area contributed by atoms with Crippen LogP contribution in [0.5, 0.6) is 0 Å². The van der Waals surface area contributed by atoms with Crippen LogP contribution in [0.25, 0.3) is 0 Å². The summed E-state index contributed by atoms with van der Waals surface area (Å²) in [5, 5.41) is 0. The van der Waals surface area contributed by atoms with Crippen LogP contribution in [0.3, 0.4) is 0 Å². The number of hydrogen-bond acceptors (Lipinski definition) is 3. The molecule has 0 bridgehead atoms. The highest BCUT2D eigenvalue weighted by Gasteiger charge is 2.51. The predicted octanol–water partition coefficient (Wildman–Crippen LogP) is 1.88. The number of carbonyl (C=O) groups excluding carboxylic acids is 2. The third kappa shape index (κ3) is 2.24. The van der Waals surface area contributed by atoms with Gasteiger partial charge in [0.25, 0.3) is 0 Å². The monoisotopic (exact) mass is 296 g/mol. The summed E-state index contributed by atoms with van der Waals surface area (Å²) in [6, 6.07) is -0.391. The number of carbonyl (C=O) groups is 2. The van der Waals surface area contributed by atoms with Gasteiger partial charge in [-0.25, -0.2) is 0 Å². The first-order valence-corrected chi connectivity index (χ1v) is 9.00. The summed E-state index contributed by atoms with van der Waals surface area (Å²) in [7, 11) is 0. The van der Waals surface area contributed by atoms with E-state index in [0.717, 1.165) is 38.8 Å². The van der Waals surface area contributed by atoms with Gasteiger partial charge in [0.2, 0.25) is 11.8 Å². The zero-order valence-corrected chi connectivity index (χ0v) is 13.2. The second-order valence-electron chi connectivity index (χ2n) is 6.32. The smallest absolute Gasteiger partial charge is 0.246 e. The molecule has 1 saturated carbocycles. The van der Waals surface area contributed by atoms with Crippen LogP contribution in [-0.4, -0.2) is 57.8 Å². The first-order chi connectivity index (χ1) is 9.62. The molecule has 2 unspecified atom stereocenters. The van der Waals surface area contributed by atoms with E-state index in [4.69, 9.17) is 0 Å². The second kappa shape index (κ2) is 5.24. The average molecular weight is 296 g/mol. The number of nitrogens with zero attached hydrogens (tertiary/aromatic N) is 2. The van der Waals surface area contributed by atoms with E-state index in [1.807, 2.05) is 28.5 Å². The summed E-state index contributed by atoms with van der Waals surface area (Å²) < 4.78 is 0.236. The molecular weight excluding hydrogens is 272 g/mol. The van der Waals surface area contributed by atoms with Crippen LogP contribution >= 0.6 is 11.8 Å². The largest absolute Gasteiger partial charge is 0.329 e. The van der Waals surface area contributed by atoms with Gasteiger partial charge in [-0.3, -0.25) is 9.59 Å². The maximum absolute atomic E-state index is 12.8. The molecule has 1 aliphatic carbocycles.